The van der Waals surface area contributed by atoms with Crippen LogP contribution in [-0.4, -0.2) is 75.7 Å². The van der Waals surface area contributed by atoms with Gasteiger partial charge in [0.1, 0.15) is 42.1 Å². The lowest BCUT2D eigenvalue weighted by Crippen LogP contribution is -2.52. The molecular formula is C47H47ClN4O7. The Morgan fingerprint density at radius 1 is 0.949 bits per heavy atom. The number of halogens is 1. The Bertz CT molecular complexity index is 2360. The van der Waals surface area contributed by atoms with E-state index in [2.05, 4.69) is 45.2 Å². The number of likely N-dealkylation sites (tertiary alicyclic amines) is 1. The molecule has 12 heteroatoms. The summed E-state index contributed by atoms with van der Waals surface area (Å²) in [6.45, 7) is 6.03. The number of carboxylic acids is 1. The van der Waals surface area contributed by atoms with E-state index in [1.54, 1.807) is 24.4 Å². The predicted molar refractivity (Wildman–Crippen MR) is 225 cm³/mol. The van der Waals surface area contributed by atoms with Gasteiger partial charge in [-0.3, -0.25) is 15.1 Å². The standard InChI is InChI=1S/C47H47ClN4O7/c1-32-37(30-59-45-23-44(58-29-36-18-35(24-49)25-50-26-36)39(22-43(45)48)27-51-47(2,31-53)46(55)56)10-6-11-42(32)38-19-34(13-12-33-8-4-3-5-9-33)20-41(21-38)57-17-7-15-52-16-14-40(54)28-52/h3-6,8-11,18-23,25-26,40,51,53-54H,7,14-17,27-31H2,1-2H3,(H,55,56)/t40-,47?/m1/s1. The van der Waals surface area contributed by atoms with E-state index in [-0.39, 0.29) is 30.9 Å². The summed E-state index contributed by atoms with van der Waals surface area (Å²) < 4.78 is 18.8. The Kier molecular flexibility index (Phi) is 14.6. The second-order valence-corrected chi connectivity index (χ2v) is 15.1. The van der Waals surface area contributed by atoms with Crippen LogP contribution in [0.25, 0.3) is 11.1 Å². The maximum Gasteiger partial charge on any atom is 0.326 e. The number of aliphatic hydroxyl groups is 2. The molecule has 4 aromatic carbocycles. The number of pyridine rings is 1. The summed E-state index contributed by atoms with van der Waals surface area (Å²) in [7, 11) is 0. The lowest BCUT2D eigenvalue weighted by Gasteiger charge is -2.25. The van der Waals surface area contributed by atoms with Gasteiger partial charge in [0.25, 0.3) is 0 Å². The van der Waals surface area contributed by atoms with Crippen molar-refractivity contribution >= 4 is 17.6 Å². The fraction of sp³-hybridized carbons (Fsp3) is 0.298. The Balaban J connectivity index is 1.24. The van der Waals surface area contributed by atoms with Gasteiger partial charge in [-0.1, -0.05) is 59.8 Å². The quantitative estimate of drug-likeness (QED) is 0.0572. The summed E-state index contributed by atoms with van der Waals surface area (Å²) in [6.07, 6.45) is 4.44. The summed E-state index contributed by atoms with van der Waals surface area (Å²) in [5.74, 6) is 6.81. The second-order valence-electron chi connectivity index (χ2n) is 14.7. The van der Waals surface area contributed by atoms with Crippen LogP contribution in [0.2, 0.25) is 5.02 Å². The maximum absolute atomic E-state index is 11.9. The molecule has 1 unspecified atom stereocenters. The lowest BCUT2D eigenvalue weighted by atomic mass is 9.95. The van der Waals surface area contributed by atoms with E-state index >= 15 is 0 Å². The normalized spacial score (nSPS) is 14.7. The van der Waals surface area contributed by atoms with Crippen LogP contribution in [0, 0.1) is 30.1 Å². The summed E-state index contributed by atoms with van der Waals surface area (Å²) in [5.41, 5.74) is 5.55. The summed E-state index contributed by atoms with van der Waals surface area (Å²) >= 11 is 6.78. The molecule has 4 N–H and O–H groups in total. The average Bonchev–Trinajstić information content (AvgIpc) is 3.67. The van der Waals surface area contributed by atoms with Crippen LogP contribution in [0.3, 0.4) is 0 Å². The summed E-state index contributed by atoms with van der Waals surface area (Å²) in [6, 6.07) is 28.9. The van der Waals surface area contributed by atoms with E-state index in [1.165, 1.54) is 13.1 Å². The minimum absolute atomic E-state index is 0.0133. The van der Waals surface area contributed by atoms with Crippen LogP contribution in [0.4, 0.5) is 0 Å². The van der Waals surface area contributed by atoms with Gasteiger partial charge in [-0.15, -0.1) is 0 Å². The third-order valence-corrected chi connectivity index (χ3v) is 10.5. The zero-order valence-electron chi connectivity index (χ0n) is 33.1. The minimum Gasteiger partial charge on any atom is -0.493 e. The zero-order chi connectivity index (χ0) is 41.8. The Labute approximate surface area is 349 Å². The van der Waals surface area contributed by atoms with Crippen molar-refractivity contribution in [3.05, 3.63) is 141 Å². The van der Waals surface area contributed by atoms with Gasteiger partial charge < -0.3 is 34.4 Å². The minimum atomic E-state index is -1.61. The van der Waals surface area contributed by atoms with E-state index in [9.17, 15) is 25.4 Å². The zero-order valence-corrected chi connectivity index (χ0v) is 33.8. The third kappa shape index (κ3) is 11.6. The monoisotopic (exact) mass is 814 g/mol. The van der Waals surface area contributed by atoms with E-state index < -0.39 is 18.1 Å². The van der Waals surface area contributed by atoms with Gasteiger partial charge in [0, 0.05) is 66.9 Å². The summed E-state index contributed by atoms with van der Waals surface area (Å²) in [5, 5.41) is 41.9. The van der Waals surface area contributed by atoms with Gasteiger partial charge in [0.05, 0.1) is 29.9 Å². The van der Waals surface area contributed by atoms with Crippen molar-refractivity contribution in [2.75, 3.05) is 32.8 Å². The SMILES string of the molecule is Cc1c(COc2cc(OCc3cncc(C#N)c3)c(CNC(C)(CO)C(=O)O)cc2Cl)cccc1-c1cc(C#Cc2ccccc2)cc(OCCCN2CC[C@@H](O)C2)c1. The third-order valence-electron chi connectivity index (χ3n) is 10.2. The molecule has 6 rings (SSSR count). The molecule has 59 heavy (non-hydrogen) atoms. The second kappa shape index (κ2) is 20.2. The van der Waals surface area contributed by atoms with E-state index in [0.29, 0.717) is 47.1 Å². The number of nitrogens with one attached hydrogen (secondary N) is 1. The van der Waals surface area contributed by atoms with Crippen LogP contribution in [-0.2, 0) is 24.6 Å². The highest BCUT2D eigenvalue weighted by molar-refractivity contribution is 6.32. The molecule has 1 aliphatic rings. The van der Waals surface area contributed by atoms with Crippen LogP contribution >= 0.6 is 11.6 Å². The number of carboxylic acid groups (broad SMARTS) is 1. The first kappa shape index (κ1) is 42.7. The van der Waals surface area contributed by atoms with Crippen LogP contribution in [0.15, 0.2) is 97.3 Å². The molecule has 2 heterocycles. The van der Waals surface area contributed by atoms with Gasteiger partial charge in [-0.2, -0.15) is 5.26 Å². The topological polar surface area (TPSA) is 157 Å². The highest BCUT2D eigenvalue weighted by Gasteiger charge is 2.32. The highest BCUT2D eigenvalue weighted by Crippen LogP contribution is 2.36. The van der Waals surface area contributed by atoms with Gasteiger partial charge >= 0.3 is 5.97 Å². The summed E-state index contributed by atoms with van der Waals surface area (Å²) in [4.78, 5) is 18.2. The van der Waals surface area contributed by atoms with Crippen molar-refractivity contribution in [2.45, 2.75) is 58.1 Å². The number of hydrogen-bond acceptors (Lipinski definition) is 10. The number of nitrogens with zero attached hydrogens (tertiary/aromatic N) is 3. The van der Waals surface area contributed by atoms with Crippen LogP contribution < -0.4 is 19.5 Å². The Morgan fingerprint density at radius 3 is 2.49 bits per heavy atom. The van der Waals surface area contributed by atoms with E-state index in [1.807, 2.05) is 61.5 Å². The van der Waals surface area contributed by atoms with Crippen molar-refractivity contribution in [2.24, 2.45) is 0 Å². The molecule has 5 aromatic rings. The molecule has 0 bridgehead atoms. The number of benzene rings is 4. The number of aromatic nitrogens is 1. The molecule has 1 aliphatic heterocycles. The smallest absolute Gasteiger partial charge is 0.326 e. The number of β-amino-alcohol motifs (C(OH)–C–C–N with tert-alkyl or cyclic N) is 1. The van der Waals surface area contributed by atoms with Gasteiger partial charge in [-0.05, 0) is 91.4 Å². The van der Waals surface area contributed by atoms with Crippen molar-refractivity contribution in [3.63, 3.8) is 0 Å². The molecule has 0 saturated carbocycles. The maximum atomic E-state index is 11.9. The number of ether oxygens (including phenoxy) is 3. The highest BCUT2D eigenvalue weighted by atomic mass is 35.5. The number of aliphatic hydroxyl groups excluding tert-OH is 2. The first-order valence-corrected chi connectivity index (χ1v) is 19.8. The van der Waals surface area contributed by atoms with E-state index in [0.717, 1.165) is 59.3 Å². The molecule has 2 atom stereocenters. The molecule has 1 aromatic heterocycles. The van der Waals surface area contributed by atoms with Crippen molar-refractivity contribution in [3.8, 4) is 46.3 Å². The van der Waals surface area contributed by atoms with Gasteiger partial charge in [0.15, 0.2) is 0 Å². The number of aliphatic carboxylic acids is 1. The first-order chi connectivity index (χ1) is 28.5. The fourth-order valence-corrected chi connectivity index (χ4v) is 6.86. The first-order valence-electron chi connectivity index (χ1n) is 19.4. The van der Waals surface area contributed by atoms with Crippen molar-refractivity contribution in [1.82, 2.24) is 15.2 Å². The van der Waals surface area contributed by atoms with Crippen LogP contribution in [0.1, 0.15) is 58.7 Å². The Hall–Kier alpha value is -5.92. The van der Waals surface area contributed by atoms with Gasteiger partial charge in [0.2, 0.25) is 0 Å². The number of carbonyl (C=O) groups is 1. The number of nitriles is 1. The van der Waals surface area contributed by atoms with Crippen molar-refractivity contribution in [1.29, 1.82) is 5.26 Å². The molecular weight excluding hydrogens is 768 g/mol. The molecule has 0 amide bonds. The molecule has 0 aliphatic carbocycles. The molecule has 1 saturated heterocycles. The molecule has 1 fully saturated rings. The van der Waals surface area contributed by atoms with Gasteiger partial charge in [-0.25, -0.2) is 0 Å². The molecule has 304 valence electrons. The predicted octanol–water partition coefficient (Wildman–Crippen LogP) is 6.90. The molecule has 0 spiro atoms. The Morgan fingerprint density at radius 2 is 1.75 bits per heavy atom. The van der Waals surface area contributed by atoms with Crippen LogP contribution in [0.5, 0.6) is 17.2 Å². The van der Waals surface area contributed by atoms with Crippen molar-refractivity contribution < 1.29 is 34.3 Å². The number of hydrogen-bond donors (Lipinski definition) is 4. The number of rotatable bonds is 17. The molecule has 11 nitrogen and oxygen atoms in total. The largest absolute Gasteiger partial charge is 0.493 e. The average molecular weight is 815 g/mol. The fourth-order valence-electron chi connectivity index (χ4n) is 6.61. The lowest BCUT2D eigenvalue weighted by molar-refractivity contribution is -0.145. The molecule has 0 radical (unpaired) electrons. The van der Waals surface area contributed by atoms with E-state index in [4.69, 9.17) is 25.8 Å².